The van der Waals surface area contributed by atoms with E-state index in [1.165, 1.54) is 11.1 Å². The number of para-hydroxylation sites is 1. The van der Waals surface area contributed by atoms with E-state index in [1.54, 1.807) is 0 Å². The minimum atomic E-state index is 0.647. The van der Waals surface area contributed by atoms with Crippen LogP contribution in [0.2, 0.25) is 0 Å². The lowest BCUT2D eigenvalue weighted by Crippen LogP contribution is -2.44. The second-order valence-electron chi connectivity index (χ2n) is 6.23. The molecule has 2 heterocycles. The SMILES string of the molecule is c1ccc(Oc2ccc(CN3CC(c4ccncc4)C3)cc2)cc1. The zero-order valence-corrected chi connectivity index (χ0v) is 13.5. The Morgan fingerprint density at radius 2 is 1.50 bits per heavy atom. The van der Waals surface area contributed by atoms with Gasteiger partial charge in [0.25, 0.3) is 0 Å². The van der Waals surface area contributed by atoms with E-state index >= 15 is 0 Å². The molecule has 0 radical (unpaired) electrons. The van der Waals surface area contributed by atoms with E-state index in [0.717, 1.165) is 31.1 Å². The first-order chi connectivity index (χ1) is 11.9. The second-order valence-corrected chi connectivity index (χ2v) is 6.23. The first kappa shape index (κ1) is 14.9. The van der Waals surface area contributed by atoms with Crippen LogP contribution in [-0.2, 0) is 6.54 Å². The molecular formula is C21H20N2O. The molecule has 1 saturated heterocycles. The molecular weight excluding hydrogens is 296 g/mol. The van der Waals surface area contributed by atoms with E-state index in [0.29, 0.717) is 5.92 Å². The van der Waals surface area contributed by atoms with Gasteiger partial charge >= 0.3 is 0 Å². The number of nitrogens with zero attached hydrogens (tertiary/aromatic N) is 2. The molecule has 3 aromatic rings. The monoisotopic (exact) mass is 316 g/mol. The van der Waals surface area contributed by atoms with Gasteiger partial charge in [0.15, 0.2) is 0 Å². The van der Waals surface area contributed by atoms with Gasteiger partial charge in [-0.3, -0.25) is 9.88 Å². The van der Waals surface area contributed by atoms with Crippen molar-refractivity contribution in [3.05, 3.63) is 90.3 Å². The Hall–Kier alpha value is -2.65. The highest BCUT2D eigenvalue weighted by Gasteiger charge is 2.27. The molecule has 1 aromatic heterocycles. The fourth-order valence-corrected chi connectivity index (χ4v) is 3.09. The van der Waals surface area contributed by atoms with Crippen LogP contribution < -0.4 is 4.74 Å². The lowest BCUT2D eigenvalue weighted by Gasteiger charge is -2.39. The van der Waals surface area contributed by atoms with Crippen molar-refractivity contribution in [3.8, 4) is 11.5 Å². The highest BCUT2D eigenvalue weighted by molar-refractivity contribution is 5.33. The van der Waals surface area contributed by atoms with Crippen LogP contribution in [0.4, 0.5) is 0 Å². The molecule has 3 nitrogen and oxygen atoms in total. The molecule has 24 heavy (non-hydrogen) atoms. The summed E-state index contributed by atoms with van der Waals surface area (Å²) in [5.74, 6) is 2.39. The first-order valence-corrected chi connectivity index (χ1v) is 8.31. The average molecular weight is 316 g/mol. The number of hydrogen-bond acceptors (Lipinski definition) is 3. The first-order valence-electron chi connectivity index (χ1n) is 8.31. The Labute approximate surface area is 142 Å². The smallest absolute Gasteiger partial charge is 0.127 e. The van der Waals surface area contributed by atoms with E-state index in [2.05, 4.69) is 34.1 Å². The van der Waals surface area contributed by atoms with Crippen LogP contribution in [-0.4, -0.2) is 23.0 Å². The molecule has 4 rings (SSSR count). The van der Waals surface area contributed by atoms with E-state index in [1.807, 2.05) is 54.9 Å². The summed E-state index contributed by atoms with van der Waals surface area (Å²) in [5.41, 5.74) is 2.72. The fraction of sp³-hybridized carbons (Fsp3) is 0.190. The van der Waals surface area contributed by atoms with E-state index in [9.17, 15) is 0 Å². The number of benzene rings is 2. The molecule has 0 bridgehead atoms. The van der Waals surface area contributed by atoms with Gasteiger partial charge in [0.05, 0.1) is 0 Å². The third-order valence-corrected chi connectivity index (χ3v) is 4.44. The summed E-state index contributed by atoms with van der Waals surface area (Å²) in [6.07, 6.45) is 3.76. The molecule has 1 fully saturated rings. The molecule has 3 heteroatoms. The van der Waals surface area contributed by atoms with E-state index < -0.39 is 0 Å². The molecule has 0 N–H and O–H groups in total. The second kappa shape index (κ2) is 6.85. The van der Waals surface area contributed by atoms with Gasteiger partial charge < -0.3 is 4.74 Å². The zero-order valence-electron chi connectivity index (χ0n) is 13.5. The Kier molecular flexibility index (Phi) is 4.26. The molecule has 0 saturated carbocycles. The van der Waals surface area contributed by atoms with Crippen molar-refractivity contribution in [2.45, 2.75) is 12.5 Å². The van der Waals surface area contributed by atoms with Crippen LogP contribution in [0.15, 0.2) is 79.1 Å². The zero-order chi connectivity index (χ0) is 16.2. The van der Waals surface area contributed by atoms with Gasteiger partial charge in [-0.2, -0.15) is 0 Å². The third-order valence-electron chi connectivity index (χ3n) is 4.44. The summed E-state index contributed by atoms with van der Waals surface area (Å²) in [7, 11) is 0. The lowest BCUT2D eigenvalue weighted by molar-refractivity contribution is 0.139. The number of hydrogen-bond donors (Lipinski definition) is 0. The van der Waals surface area contributed by atoms with Gasteiger partial charge in [0.1, 0.15) is 11.5 Å². The van der Waals surface area contributed by atoms with E-state index in [-0.39, 0.29) is 0 Å². The number of aromatic nitrogens is 1. The van der Waals surface area contributed by atoms with Gasteiger partial charge in [0, 0.05) is 37.9 Å². The topological polar surface area (TPSA) is 25.4 Å². The maximum atomic E-state index is 5.83. The summed E-state index contributed by atoms with van der Waals surface area (Å²) in [5, 5.41) is 0. The number of likely N-dealkylation sites (tertiary alicyclic amines) is 1. The maximum Gasteiger partial charge on any atom is 0.127 e. The Morgan fingerprint density at radius 3 is 2.21 bits per heavy atom. The molecule has 1 aliphatic heterocycles. The third kappa shape index (κ3) is 3.47. The number of rotatable bonds is 5. The quantitative estimate of drug-likeness (QED) is 0.694. The van der Waals surface area contributed by atoms with Gasteiger partial charge in [-0.05, 0) is 47.5 Å². The summed E-state index contributed by atoms with van der Waals surface area (Å²) in [4.78, 5) is 6.56. The standard InChI is InChI=1S/C21H20N2O/c1-2-4-20(5-3-1)24-21-8-6-17(7-9-21)14-23-15-19(16-23)18-10-12-22-13-11-18/h1-13,19H,14-16H2. The fourth-order valence-electron chi connectivity index (χ4n) is 3.09. The predicted molar refractivity (Wildman–Crippen MR) is 95.2 cm³/mol. The molecule has 0 atom stereocenters. The van der Waals surface area contributed by atoms with Crippen LogP contribution >= 0.6 is 0 Å². The number of pyridine rings is 1. The van der Waals surface area contributed by atoms with Crippen LogP contribution in [0.5, 0.6) is 11.5 Å². The Balaban J connectivity index is 1.30. The molecule has 0 aliphatic carbocycles. The average Bonchev–Trinajstić information content (AvgIpc) is 2.61. The lowest BCUT2D eigenvalue weighted by atomic mass is 9.92. The van der Waals surface area contributed by atoms with Gasteiger partial charge in [0.2, 0.25) is 0 Å². The molecule has 0 unspecified atom stereocenters. The van der Waals surface area contributed by atoms with E-state index in [4.69, 9.17) is 4.74 Å². The minimum absolute atomic E-state index is 0.647. The van der Waals surface area contributed by atoms with Crippen molar-refractivity contribution in [1.29, 1.82) is 0 Å². The van der Waals surface area contributed by atoms with Crippen molar-refractivity contribution < 1.29 is 4.74 Å². The van der Waals surface area contributed by atoms with Gasteiger partial charge in [-0.25, -0.2) is 0 Å². The minimum Gasteiger partial charge on any atom is -0.457 e. The van der Waals surface area contributed by atoms with Crippen LogP contribution in [0.1, 0.15) is 17.0 Å². The van der Waals surface area contributed by atoms with Crippen molar-refractivity contribution in [2.24, 2.45) is 0 Å². The Bertz CT molecular complexity index is 766. The maximum absolute atomic E-state index is 5.83. The molecule has 0 amide bonds. The summed E-state index contributed by atoms with van der Waals surface area (Å²) in [6.45, 7) is 3.23. The highest BCUT2D eigenvalue weighted by Crippen LogP contribution is 2.28. The normalized spacial score (nSPS) is 15.0. The largest absolute Gasteiger partial charge is 0.457 e. The van der Waals surface area contributed by atoms with Gasteiger partial charge in [-0.1, -0.05) is 30.3 Å². The van der Waals surface area contributed by atoms with Crippen LogP contribution in [0, 0.1) is 0 Å². The summed E-state index contributed by atoms with van der Waals surface area (Å²) in [6, 6.07) is 22.5. The number of ether oxygens (including phenoxy) is 1. The highest BCUT2D eigenvalue weighted by atomic mass is 16.5. The predicted octanol–water partition coefficient (Wildman–Crippen LogP) is 4.47. The van der Waals surface area contributed by atoms with Gasteiger partial charge in [-0.15, -0.1) is 0 Å². The van der Waals surface area contributed by atoms with Crippen molar-refractivity contribution >= 4 is 0 Å². The Morgan fingerprint density at radius 1 is 0.833 bits per heavy atom. The summed E-state index contributed by atoms with van der Waals surface area (Å²) >= 11 is 0. The van der Waals surface area contributed by atoms with Crippen LogP contribution in [0.25, 0.3) is 0 Å². The van der Waals surface area contributed by atoms with Crippen LogP contribution in [0.3, 0.4) is 0 Å². The molecule has 120 valence electrons. The van der Waals surface area contributed by atoms with Crippen molar-refractivity contribution in [2.75, 3.05) is 13.1 Å². The molecule has 0 spiro atoms. The molecule has 1 aliphatic rings. The molecule has 2 aromatic carbocycles. The van der Waals surface area contributed by atoms with Crippen molar-refractivity contribution in [1.82, 2.24) is 9.88 Å². The van der Waals surface area contributed by atoms with Crippen molar-refractivity contribution in [3.63, 3.8) is 0 Å². The summed E-state index contributed by atoms with van der Waals surface area (Å²) < 4.78 is 5.83.